The molecular weight excluding hydrogens is 366 g/mol. The van der Waals surface area contributed by atoms with Gasteiger partial charge in [-0.25, -0.2) is 19.7 Å². The van der Waals surface area contributed by atoms with E-state index in [9.17, 15) is 4.79 Å². The number of carbonyl (C=O) groups excluding carboxylic acids is 1. The van der Waals surface area contributed by atoms with Crippen LogP contribution in [0.25, 0.3) is 11.2 Å². The molecule has 0 aliphatic carbocycles. The quantitative estimate of drug-likeness (QED) is 0.501. The summed E-state index contributed by atoms with van der Waals surface area (Å²) < 4.78 is 0. The number of aromatic amines is 1. The second-order valence-electron chi connectivity index (χ2n) is 6.86. The van der Waals surface area contributed by atoms with E-state index in [-0.39, 0.29) is 6.03 Å². The Labute approximate surface area is 167 Å². The predicted molar refractivity (Wildman–Crippen MR) is 112 cm³/mol. The highest BCUT2D eigenvalue weighted by Crippen LogP contribution is 2.30. The fourth-order valence-electron chi connectivity index (χ4n) is 3.71. The number of anilines is 3. The van der Waals surface area contributed by atoms with Crippen molar-refractivity contribution in [3.05, 3.63) is 72.3 Å². The minimum atomic E-state index is -0.248. The number of carbonyl (C=O) groups is 1. The van der Waals surface area contributed by atoms with E-state index in [1.807, 2.05) is 42.5 Å². The molecule has 2 amide bonds. The zero-order valence-corrected chi connectivity index (χ0v) is 15.6. The van der Waals surface area contributed by atoms with Crippen LogP contribution in [0.5, 0.6) is 0 Å². The number of hydrogen-bond donors (Lipinski definition) is 3. The second kappa shape index (κ2) is 7.23. The Morgan fingerprint density at radius 2 is 1.90 bits per heavy atom. The van der Waals surface area contributed by atoms with Gasteiger partial charge in [-0.05, 0) is 35.7 Å². The van der Waals surface area contributed by atoms with Crippen molar-refractivity contribution in [2.24, 2.45) is 0 Å². The van der Waals surface area contributed by atoms with E-state index in [0.29, 0.717) is 12.2 Å². The molecule has 3 N–H and O–H groups in total. The Morgan fingerprint density at radius 3 is 2.79 bits per heavy atom. The van der Waals surface area contributed by atoms with Crippen LogP contribution in [0.3, 0.4) is 0 Å². The van der Waals surface area contributed by atoms with E-state index >= 15 is 0 Å². The van der Waals surface area contributed by atoms with Gasteiger partial charge in [0.1, 0.15) is 11.8 Å². The molecule has 0 unspecified atom stereocenters. The number of nitrogens with zero attached hydrogens (tertiary/aromatic N) is 4. The second-order valence-corrected chi connectivity index (χ2v) is 6.86. The fourth-order valence-corrected chi connectivity index (χ4v) is 3.71. The van der Waals surface area contributed by atoms with Crippen LogP contribution < -0.4 is 15.5 Å². The standard InChI is InChI=1S/C21H19N7O/c29-21(26-15-6-2-1-3-7-15)27-17-8-4-5-14-11-28(10-9-16(14)17)20-18-19(23-12-22-18)24-13-25-20/h1-8,12-13H,9-11H2,(H2,26,27,29)(H,22,23,24,25). The van der Waals surface area contributed by atoms with E-state index in [1.165, 1.54) is 5.56 Å². The molecule has 144 valence electrons. The summed E-state index contributed by atoms with van der Waals surface area (Å²) in [5, 5.41) is 5.85. The minimum absolute atomic E-state index is 0.248. The molecule has 1 aliphatic rings. The smallest absolute Gasteiger partial charge is 0.323 e. The third-order valence-corrected chi connectivity index (χ3v) is 5.05. The molecular formula is C21H19N7O. The normalized spacial score (nSPS) is 13.2. The molecule has 5 rings (SSSR count). The van der Waals surface area contributed by atoms with Gasteiger partial charge in [-0.15, -0.1) is 0 Å². The van der Waals surface area contributed by atoms with Gasteiger partial charge in [0.05, 0.1) is 6.33 Å². The van der Waals surface area contributed by atoms with Gasteiger partial charge in [-0.2, -0.15) is 0 Å². The molecule has 2 aromatic carbocycles. The summed E-state index contributed by atoms with van der Waals surface area (Å²) in [6.07, 6.45) is 3.98. The van der Waals surface area contributed by atoms with E-state index < -0.39 is 0 Å². The zero-order chi connectivity index (χ0) is 19.6. The van der Waals surface area contributed by atoms with Crippen LogP contribution in [0.4, 0.5) is 22.0 Å². The number of fused-ring (bicyclic) bond motifs is 2. The molecule has 0 saturated carbocycles. The highest BCUT2D eigenvalue weighted by atomic mass is 16.2. The number of amides is 2. The van der Waals surface area contributed by atoms with Gasteiger partial charge >= 0.3 is 6.03 Å². The number of hydrogen-bond acceptors (Lipinski definition) is 5. The first-order valence-corrected chi connectivity index (χ1v) is 9.41. The minimum Gasteiger partial charge on any atom is -0.350 e. The molecule has 0 saturated heterocycles. The maximum atomic E-state index is 12.4. The van der Waals surface area contributed by atoms with Crippen molar-refractivity contribution in [2.45, 2.75) is 13.0 Å². The first-order chi connectivity index (χ1) is 14.3. The van der Waals surface area contributed by atoms with Crippen LogP contribution >= 0.6 is 0 Å². The van der Waals surface area contributed by atoms with Crippen molar-refractivity contribution < 1.29 is 4.79 Å². The van der Waals surface area contributed by atoms with E-state index in [1.54, 1.807) is 12.7 Å². The highest BCUT2D eigenvalue weighted by molar-refractivity contribution is 6.00. The number of rotatable bonds is 3. The fraction of sp³-hybridized carbons (Fsp3) is 0.143. The van der Waals surface area contributed by atoms with E-state index in [4.69, 9.17) is 0 Å². The number of imidazole rings is 1. The lowest BCUT2D eigenvalue weighted by molar-refractivity contribution is 0.262. The average molecular weight is 385 g/mol. The Kier molecular flexibility index (Phi) is 4.28. The van der Waals surface area contributed by atoms with Crippen molar-refractivity contribution in [3.8, 4) is 0 Å². The number of para-hydroxylation sites is 1. The molecule has 3 heterocycles. The maximum absolute atomic E-state index is 12.4. The van der Waals surface area contributed by atoms with E-state index in [2.05, 4.69) is 41.5 Å². The van der Waals surface area contributed by atoms with Crippen LogP contribution in [0.2, 0.25) is 0 Å². The summed E-state index contributed by atoms with van der Waals surface area (Å²) in [5.74, 6) is 0.846. The summed E-state index contributed by atoms with van der Waals surface area (Å²) in [5.41, 5.74) is 5.42. The third-order valence-electron chi connectivity index (χ3n) is 5.05. The lowest BCUT2D eigenvalue weighted by Gasteiger charge is -2.31. The number of H-pyrrole nitrogens is 1. The Bertz CT molecular complexity index is 1170. The average Bonchev–Trinajstić information content (AvgIpc) is 3.23. The van der Waals surface area contributed by atoms with Crippen molar-refractivity contribution in [2.75, 3.05) is 22.1 Å². The molecule has 0 fully saturated rings. The van der Waals surface area contributed by atoms with Gasteiger partial charge in [0.2, 0.25) is 0 Å². The summed E-state index contributed by atoms with van der Waals surface area (Å²) in [6.45, 7) is 1.49. The maximum Gasteiger partial charge on any atom is 0.323 e. The number of aromatic nitrogens is 4. The number of nitrogens with one attached hydrogen (secondary N) is 3. The van der Waals surface area contributed by atoms with Crippen molar-refractivity contribution in [3.63, 3.8) is 0 Å². The predicted octanol–water partition coefficient (Wildman–Crippen LogP) is 3.56. The van der Waals surface area contributed by atoms with Crippen molar-refractivity contribution in [1.82, 2.24) is 19.9 Å². The van der Waals surface area contributed by atoms with Gasteiger partial charge in [-0.1, -0.05) is 30.3 Å². The summed E-state index contributed by atoms with van der Waals surface area (Å²) >= 11 is 0. The highest BCUT2D eigenvalue weighted by Gasteiger charge is 2.22. The van der Waals surface area contributed by atoms with Crippen LogP contribution in [0.1, 0.15) is 11.1 Å². The van der Waals surface area contributed by atoms with Crippen LogP contribution in [-0.2, 0) is 13.0 Å². The first-order valence-electron chi connectivity index (χ1n) is 9.41. The number of urea groups is 1. The molecule has 0 bridgehead atoms. The summed E-state index contributed by atoms with van der Waals surface area (Å²) in [6, 6.07) is 15.2. The SMILES string of the molecule is O=C(Nc1ccccc1)Nc1cccc2c1CCN(c1ncnc3nc[nH]c13)C2. The molecule has 8 heteroatoms. The lowest BCUT2D eigenvalue weighted by Crippen LogP contribution is -2.32. The Hall–Kier alpha value is -3.94. The van der Waals surface area contributed by atoms with Gasteiger partial charge in [0, 0.05) is 24.5 Å². The molecule has 4 aromatic rings. The molecule has 0 atom stereocenters. The van der Waals surface area contributed by atoms with Crippen LogP contribution in [0, 0.1) is 0 Å². The molecule has 0 radical (unpaired) electrons. The molecule has 0 spiro atoms. The van der Waals surface area contributed by atoms with Crippen LogP contribution in [-0.4, -0.2) is 32.5 Å². The summed E-state index contributed by atoms with van der Waals surface area (Å²) in [7, 11) is 0. The topological polar surface area (TPSA) is 98.8 Å². The van der Waals surface area contributed by atoms with E-state index in [0.717, 1.165) is 41.2 Å². The third kappa shape index (κ3) is 3.36. The van der Waals surface area contributed by atoms with Crippen LogP contribution in [0.15, 0.2) is 61.2 Å². The van der Waals surface area contributed by atoms with Gasteiger partial charge < -0.3 is 20.5 Å². The Balaban J connectivity index is 1.36. The van der Waals surface area contributed by atoms with Gasteiger partial charge in [-0.3, -0.25) is 0 Å². The molecule has 1 aliphatic heterocycles. The first kappa shape index (κ1) is 17.2. The monoisotopic (exact) mass is 385 g/mol. The Morgan fingerprint density at radius 1 is 1.00 bits per heavy atom. The molecule has 29 heavy (non-hydrogen) atoms. The van der Waals surface area contributed by atoms with Gasteiger partial charge in [0.15, 0.2) is 11.5 Å². The molecule has 8 nitrogen and oxygen atoms in total. The zero-order valence-electron chi connectivity index (χ0n) is 15.6. The van der Waals surface area contributed by atoms with Crippen molar-refractivity contribution >= 4 is 34.4 Å². The number of benzene rings is 2. The van der Waals surface area contributed by atoms with Crippen molar-refractivity contribution in [1.29, 1.82) is 0 Å². The summed E-state index contributed by atoms with van der Waals surface area (Å²) in [4.78, 5) is 30.6. The largest absolute Gasteiger partial charge is 0.350 e. The lowest BCUT2D eigenvalue weighted by atomic mass is 9.97. The molecule has 2 aromatic heterocycles. The van der Waals surface area contributed by atoms with Gasteiger partial charge in [0.25, 0.3) is 0 Å².